The minimum absolute atomic E-state index is 0. The van der Waals surface area contributed by atoms with Crippen LogP contribution in [0.2, 0.25) is 0 Å². The Hall–Kier alpha value is 0.830. The van der Waals surface area contributed by atoms with E-state index in [1.807, 2.05) is 0 Å². The van der Waals surface area contributed by atoms with Crippen LogP contribution in [-0.4, -0.2) is 56.5 Å². The third-order valence-corrected chi connectivity index (χ3v) is 2.71. The van der Waals surface area contributed by atoms with Crippen molar-refractivity contribution in [2.75, 3.05) is 13.2 Å². The van der Waals surface area contributed by atoms with Gasteiger partial charge in [0.25, 0.3) is 10.1 Å². The van der Waals surface area contributed by atoms with E-state index in [2.05, 4.69) is 4.18 Å². The van der Waals surface area contributed by atoms with E-state index in [9.17, 15) is 8.42 Å². The van der Waals surface area contributed by atoms with Crippen LogP contribution in [0, 0.1) is 0 Å². The number of rotatable bonds is 5. The molecule has 7 heteroatoms. The summed E-state index contributed by atoms with van der Waals surface area (Å²) in [5, 5.41) is -0.936. The summed E-state index contributed by atoms with van der Waals surface area (Å²) in [4.78, 5) is 0. The first-order chi connectivity index (χ1) is 5.04. The van der Waals surface area contributed by atoms with Gasteiger partial charge in [-0.05, 0) is 6.42 Å². The number of nitrogens with two attached hydrogens (primary N) is 2. The molecule has 0 aliphatic rings. The topological polar surface area (TPSA) is 95.4 Å². The molecule has 1 atom stereocenters. The first-order valence-electron chi connectivity index (χ1n) is 3.38. The molecule has 0 aliphatic carbocycles. The van der Waals surface area contributed by atoms with Crippen LogP contribution in [0.1, 0.15) is 13.3 Å². The Labute approximate surface area is 95.2 Å². The van der Waals surface area contributed by atoms with Gasteiger partial charge in [-0.15, -0.1) is 0 Å². The maximum absolute atomic E-state index is 10.9. The van der Waals surface area contributed by atoms with E-state index in [4.69, 9.17) is 11.5 Å². The van der Waals surface area contributed by atoms with Crippen LogP contribution >= 0.6 is 0 Å². The Morgan fingerprint density at radius 2 is 2.00 bits per heavy atom. The molecule has 4 N–H and O–H groups in total. The molecule has 0 rings (SSSR count). The average Bonchev–Trinajstić information content (AvgIpc) is 1.99. The van der Waals surface area contributed by atoms with Crippen molar-refractivity contribution in [1.29, 1.82) is 0 Å². The third-order valence-electron chi connectivity index (χ3n) is 1.14. The Morgan fingerprint density at radius 1 is 1.50 bits per heavy atom. The quantitative estimate of drug-likeness (QED) is 0.414. The van der Waals surface area contributed by atoms with Crippen LogP contribution in [0.4, 0.5) is 0 Å². The van der Waals surface area contributed by atoms with Crippen LogP contribution in [-0.2, 0) is 14.3 Å². The predicted molar refractivity (Wildman–Crippen MR) is 49.3 cm³/mol. The summed E-state index contributed by atoms with van der Waals surface area (Å²) in [6.07, 6.45) is 0.340. The molecule has 0 bridgehead atoms. The summed E-state index contributed by atoms with van der Waals surface area (Å²) < 4.78 is 26.3. The first kappa shape index (κ1) is 15.3. The molecule has 0 saturated heterocycles. The van der Waals surface area contributed by atoms with Crippen molar-refractivity contribution in [3.05, 3.63) is 0 Å². The molecule has 5 nitrogen and oxygen atoms in total. The van der Waals surface area contributed by atoms with Crippen molar-refractivity contribution in [2.45, 2.75) is 18.7 Å². The summed E-state index contributed by atoms with van der Waals surface area (Å²) in [6.45, 7) is 1.85. The van der Waals surface area contributed by atoms with Gasteiger partial charge >= 0.3 is 29.6 Å². The molecule has 70 valence electrons. The summed E-state index contributed by atoms with van der Waals surface area (Å²) in [6, 6.07) is 0. The van der Waals surface area contributed by atoms with Crippen LogP contribution in [0.5, 0.6) is 0 Å². The van der Waals surface area contributed by atoms with Gasteiger partial charge in [-0.3, -0.25) is 4.18 Å². The Balaban J connectivity index is 0. The second-order valence-electron chi connectivity index (χ2n) is 2.05. The van der Waals surface area contributed by atoms with Gasteiger partial charge in [0.15, 0.2) is 0 Å². The molecule has 12 heavy (non-hydrogen) atoms. The molecule has 0 spiro atoms. The van der Waals surface area contributed by atoms with Gasteiger partial charge in [0.05, 0.1) is 6.61 Å². The fourth-order valence-corrected chi connectivity index (χ4v) is 1.37. The van der Waals surface area contributed by atoms with Crippen molar-refractivity contribution in [2.24, 2.45) is 11.5 Å². The van der Waals surface area contributed by atoms with Gasteiger partial charge in [-0.25, -0.2) is 0 Å². The van der Waals surface area contributed by atoms with E-state index >= 15 is 0 Å². The summed E-state index contributed by atoms with van der Waals surface area (Å²) >= 11 is 0. The van der Waals surface area contributed by atoms with E-state index in [-0.39, 0.29) is 42.7 Å². The van der Waals surface area contributed by atoms with Crippen molar-refractivity contribution in [3.63, 3.8) is 0 Å². The Kier molecular flexibility index (Phi) is 9.25. The van der Waals surface area contributed by atoms with Crippen LogP contribution in [0.25, 0.3) is 0 Å². The molecule has 0 fully saturated rings. The molecular formula is C5H15N2NaO3S. The van der Waals surface area contributed by atoms with E-state index in [0.29, 0.717) is 6.42 Å². The Bertz CT molecular complexity index is 195. The zero-order valence-electron chi connectivity index (χ0n) is 6.49. The van der Waals surface area contributed by atoms with E-state index in [1.165, 1.54) is 0 Å². The SMILES string of the molecule is CCC(N)S(=O)(=O)OCCN.[NaH]. The average molecular weight is 206 g/mol. The summed E-state index contributed by atoms with van der Waals surface area (Å²) in [5.41, 5.74) is 10.3. The zero-order valence-corrected chi connectivity index (χ0v) is 7.30. The maximum atomic E-state index is 10.9. The van der Waals surface area contributed by atoms with Gasteiger partial charge in [-0.2, -0.15) is 8.42 Å². The summed E-state index contributed by atoms with van der Waals surface area (Å²) in [7, 11) is -3.57. The van der Waals surface area contributed by atoms with Gasteiger partial charge in [-0.1, -0.05) is 6.92 Å². The monoisotopic (exact) mass is 206 g/mol. The fraction of sp³-hybridized carbons (Fsp3) is 1.00. The van der Waals surface area contributed by atoms with Crippen molar-refractivity contribution >= 4 is 39.7 Å². The Morgan fingerprint density at radius 3 is 2.33 bits per heavy atom. The van der Waals surface area contributed by atoms with Gasteiger partial charge in [0, 0.05) is 6.54 Å². The van der Waals surface area contributed by atoms with Gasteiger partial charge < -0.3 is 11.5 Å². The molecule has 0 aromatic carbocycles. The first-order valence-corrected chi connectivity index (χ1v) is 4.85. The van der Waals surface area contributed by atoms with Gasteiger partial charge in [0.1, 0.15) is 5.37 Å². The number of hydrogen-bond acceptors (Lipinski definition) is 5. The van der Waals surface area contributed by atoms with Crippen LogP contribution in [0.15, 0.2) is 0 Å². The fourth-order valence-electron chi connectivity index (χ4n) is 0.456. The summed E-state index contributed by atoms with van der Waals surface area (Å²) in [5.74, 6) is 0. The standard InChI is InChI=1S/C5H14N2O3S.Na.H/c1-2-5(7)11(8,9)10-4-3-6;;/h5H,2-4,6-7H2,1H3;;. The zero-order chi connectivity index (χ0) is 8.91. The normalized spacial score (nSPS) is 13.6. The van der Waals surface area contributed by atoms with Gasteiger partial charge in [0.2, 0.25) is 0 Å². The molecule has 0 aliphatic heterocycles. The van der Waals surface area contributed by atoms with Crippen molar-refractivity contribution in [3.8, 4) is 0 Å². The molecular weight excluding hydrogens is 191 g/mol. The van der Waals surface area contributed by atoms with Crippen LogP contribution < -0.4 is 11.5 Å². The minimum atomic E-state index is -3.57. The van der Waals surface area contributed by atoms with E-state index in [1.54, 1.807) is 6.92 Å². The van der Waals surface area contributed by atoms with Crippen molar-refractivity contribution < 1.29 is 12.6 Å². The van der Waals surface area contributed by atoms with E-state index < -0.39 is 15.5 Å². The number of hydrogen-bond donors (Lipinski definition) is 2. The third kappa shape index (κ3) is 5.47. The molecule has 0 aromatic rings. The molecule has 0 aromatic heterocycles. The predicted octanol–water partition coefficient (Wildman–Crippen LogP) is -1.66. The molecule has 1 unspecified atom stereocenters. The van der Waals surface area contributed by atoms with Crippen molar-refractivity contribution in [1.82, 2.24) is 0 Å². The van der Waals surface area contributed by atoms with Crippen LogP contribution in [0.3, 0.4) is 0 Å². The molecule has 0 amide bonds. The second kappa shape index (κ2) is 7.25. The van der Waals surface area contributed by atoms with E-state index in [0.717, 1.165) is 0 Å². The molecule has 0 saturated carbocycles. The second-order valence-corrected chi connectivity index (χ2v) is 3.88. The molecule has 0 heterocycles. The molecule has 0 radical (unpaired) electrons.